The van der Waals surface area contributed by atoms with E-state index in [0.717, 1.165) is 25.5 Å². The summed E-state index contributed by atoms with van der Waals surface area (Å²) in [6.45, 7) is 0. The van der Waals surface area contributed by atoms with Crippen molar-refractivity contribution in [3.63, 3.8) is 0 Å². The fourth-order valence-corrected chi connectivity index (χ4v) is 0. The Kier molecular flexibility index (Phi) is 3.75. The van der Waals surface area contributed by atoms with Crippen LogP contribution in [0.2, 0.25) is 0 Å². The van der Waals surface area contributed by atoms with Crippen LogP contribution in [0.15, 0.2) is 0 Å². The number of nitrogens with zero attached hydrogens (tertiary/aromatic N) is 1. The van der Waals surface area contributed by atoms with Crippen LogP contribution in [0.5, 0.6) is 0 Å². The molecule has 0 aliphatic carbocycles. The Labute approximate surface area is 49.4 Å². The second kappa shape index (κ2) is 3.15. The minimum atomic E-state index is 1.13. The summed E-state index contributed by atoms with van der Waals surface area (Å²) in [5.41, 5.74) is 0. The molecule has 0 rings (SSSR count). The molecule has 2 radical (unpaired) electrons. The molecule has 0 amide bonds. The first-order chi connectivity index (χ1) is 2.27. The van der Waals surface area contributed by atoms with E-state index in [0.29, 0.717) is 0 Å². The van der Waals surface area contributed by atoms with Crippen LogP contribution in [0.25, 0.3) is 0 Å². The van der Waals surface area contributed by atoms with Crippen molar-refractivity contribution in [2.45, 2.75) is 0 Å². The summed E-state index contributed by atoms with van der Waals surface area (Å²) in [5, 5.41) is 0. The summed E-state index contributed by atoms with van der Waals surface area (Å²) in [4.78, 5) is 3.50. The zero-order chi connectivity index (χ0) is 4.28. The van der Waals surface area contributed by atoms with Gasteiger partial charge in [-0.2, -0.15) is 0 Å². The SMILES string of the molecule is CN(C)[BH][PbH]. The molecule has 0 aliphatic rings. The van der Waals surface area contributed by atoms with Crippen LogP contribution in [-0.4, -0.2) is 49.2 Å². The van der Waals surface area contributed by atoms with Crippen molar-refractivity contribution in [1.82, 2.24) is 4.81 Å². The molecular formula is C2H8BNPb. The predicted molar refractivity (Wildman–Crippen MR) is 28.0 cm³/mol. The zero-order valence-electron chi connectivity index (χ0n) is 3.73. The Bertz CT molecular complexity index is 23.6. The van der Waals surface area contributed by atoms with Gasteiger partial charge in [0.05, 0.1) is 0 Å². The van der Waals surface area contributed by atoms with E-state index in [9.17, 15) is 0 Å². The van der Waals surface area contributed by atoms with Crippen molar-refractivity contribution in [1.29, 1.82) is 0 Å². The molecule has 0 aliphatic heterocycles. The van der Waals surface area contributed by atoms with Crippen LogP contribution in [0, 0.1) is 0 Å². The second-order valence-electron chi connectivity index (χ2n) is 1.26. The molecule has 0 heterocycles. The van der Waals surface area contributed by atoms with Gasteiger partial charge in [0.2, 0.25) is 0 Å². The molecule has 0 atom stereocenters. The molecule has 28 valence electrons. The van der Waals surface area contributed by atoms with E-state index in [2.05, 4.69) is 18.9 Å². The summed E-state index contributed by atoms with van der Waals surface area (Å²) in [6, 6.07) is 0. The summed E-state index contributed by atoms with van der Waals surface area (Å²) >= 11 is 1.13. The van der Waals surface area contributed by atoms with Crippen molar-refractivity contribution in [3.8, 4) is 0 Å². The quantitative estimate of drug-likeness (QED) is 0.533. The van der Waals surface area contributed by atoms with Crippen molar-refractivity contribution in [2.75, 3.05) is 14.1 Å². The third-order valence-corrected chi connectivity index (χ3v) is 3.20. The van der Waals surface area contributed by atoms with Crippen LogP contribution < -0.4 is 0 Å². The van der Waals surface area contributed by atoms with E-state index in [1.807, 2.05) is 0 Å². The van der Waals surface area contributed by atoms with Crippen LogP contribution in [-0.2, 0) is 0 Å². The Hall–Kier alpha value is 0.947. The van der Waals surface area contributed by atoms with Crippen LogP contribution in [0.3, 0.4) is 0 Å². The van der Waals surface area contributed by atoms with Gasteiger partial charge in [-0.25, -0.2) is 0 Å². The molecule has 1 nitrogen and oxygen atoms in total. The van der Waals surface area contributed by atoms with Crippen molar-refractivity contribution in [3.05, 3.63) is 0 Å². The van der Waals surface area contributed by atoms with Crippen LogP contribution in [0.1, 0.15) is 0 Å². The standard InChI is InChI=1S/C2H7BN.Pb.H/c1-4(2)3;;/h3H,1-2H3;;/q+1;-1;. The molecule has 0 unspecified atom stereocenters. The number of hydrogen-bond acceptors (Lipinski definition) is 1. The minimum absolute atomic E-state index is 1.13. The zero-order valence-corrected chi connectivity index (χ0v) is 8.22. The molecule has 0 aromatic heterocycles. The predicted octanol–water partition coefficient (Wildman–Crippen LogP) is -1.28. The van der Waals surface area contributed by atoms with Gasteiger partial charge in [-0.3, -0.25) is 0 Å². The molecule has 0 aromatic rings. The van der Waals surface area contributed by atoms with Crippen molar-refractivity contribution < 1.29 is 0 Å². The molecule has 0 N–H and O–H groups in total. The first kappa shape index (κ1) is 5.95. The van der Waals surface area contributed by atoms with Crippen molar-refractivity contribution in [2.24, 2.45) is 0 Å². The van der Waals surface area contributed by atoms with E-state index in [4.69, 9.17) is 0 Å². The first-order valence-corrected chi connectivity index (χ1v) is 4.79. The molecule has 0 saturated heterocycles. The van der Waals surface area contributed by atoms with Gasteiger partial charge < -0.3 is 0 Å². The monoisotopic (exact) mass is 265 g/mol. The summed E-state index contributed by atoms with van der Waals surface area (Å²) in [7, 11) is 4.19. The third kappa shape index (κ3) is 4.95. The Morgan fingerprint density at radius 1 is 1.60 bits per heavy atom. The van der Waals surface area contributed by atoms with Gasteiger partial charge in [0.1, 0.15) is 0 Å². The normalized spacial score (nSPS) is 8.80. The van der Waals surface area contributed by atoms with Gasteiger partial charge in [-0.15, -0.1) is 0 Å². The average molecular weight is 264 g/mol. The van der Waals surface area contributed by atoms with E-state index >= 15 is 0 Å². The van der Waals surface area contributed by atoms with Crippen LogP contribution in [0.4, 0.5) is 0 Å². The van der Waals surface area contributed by atoms with Gasteiger partial charge in [-0.1, -0.05) is 0 Å². The summed E-state index contributed by atoms with van der Waals surface area (Å²) < 4.78 is 0. The number of rotatable bonds is 1. The molecule has 0 saturated carbocycles. The number of hydrogen-bond donors (Lipinski definition) is 0. The maximum atomic E-state index is 2.20. The Morgan fingerprint density at radius 2 is 1.80 bits per heavy atom. The molecule has 0 aromatic carbocycles. The first-order valence-electron chi connectivity index (χ1n) is 1.62. The molecule has 5 heavy (non-hydrogen) atoms. The van der Waals surface area contributed by atoms with Crippen molar-refractivity contribution >= 4 is 30.3 Å². The van der Waals surface area contributed by atoms with E-state index in [1.54, 1.807) is 0 Å². The molecule has 3 heteroatoms. The van der Waals surface area contributed by atoms with Gasteiger partial charge in [0.25, 0.3) is 0 Å². The fourth-order valence-electron chi connectivity index (χ4n) is 0. The van der Waals surface area contributed by atoms with Gasteiger partial charge in [0, 0.05) is 0 Å². The topological polar surface area (TPSA) is 3.24 Å². The molecule has 0 bridgehead atoms. The maximum absolute atomic E-state index is 2.20. The third-order valence-electron chi connectivity index (χ3n) is 0.365. The molecular weight excluding hydrogens is 256 g/mol. The average Bonchev–Trinajstić information content (AvgIpc) is 1.38. The van der Waals surface area contributed by atoms with Gasteiger partial charge in [-0.05, 0) is 0 Å². The van der Waals surface area contributed by atoms with Gasteiger partial charge in [0.15, 0.2) is 0 Å². The Balaban J connectivity index is 2.54. The van der Waals surface area contributed by atoms with E-state index in [1.165, 1.54) is 4.79 Å². The van der Waals surface area contributed by atoms with E-state index < -0.39 is 0 Å². The van der Waals surface area contributed by atoms with Gasteiger partial charge >= 0.3 is 49.2 Å². The fraction of sp³-hybridized carbons (Fsp3) is 1.00. The Morgan fingerprint density at radius 3 is 1.80 bits per heavy atom. The summed E-state index contributed by atoms with van der Waals surface area (Å²) in [5.74, 6) is 0. The molecule has 0 fully saturated rings. The molecule has 0 spiro atoms. The summed E-state index contributed by atoms with van der Waals surface area (Å²) in [6.07, 6.45) is 0. The van der Waals surface area contributed by atoms with E-state index in [-0.39, 0.29) is 0 Å². The van der Waals surface area contributed by atoms with Crippen LogP contribution >= 0.6 is 0 Å². The second-order valence-corrected chi connectivity index (χ2v) is 2.68.